The van der Waals surface area contributed by atoms with E-state index in [-0.39, 0.29) is 5.83 Å². The summed E-state index contributed by atoms with van der Waals surface area (Å²) in [5.74, 6) is -0.359. The first kappa shape index (κ1) is 15.6. The molecule has 21 heavy (non-hydrogen) atoms. The number of nitrogens with zero attached hydrogens (tertiary/aromatic N) is 1. The van der Waals surface area contributed by atoms with Crippen molar-refractivity contribution in [3.63, 3.8) is 0 Å². The molecule has 0 radical (unpaired) electrons. The van der Waals surface area contributed by atoms with Crippen LogP contribution in [0.4, 0.5) is 4.39 Å². The molecule has 4 heteroatoms. The summed E-state index contributed by atoms with van der Waals surface area (Å²) < 4.78 is 13.3. The van der Waals surface area contributed by atoms with E-state index >= 15 is 0 Å². The standard InChI is InChI=1S/C17H17FNOP/c1-12(20)17(11-19,14-6-9-16(21)10-7-14)13-3-2-4-15(18)8-5-13/h2,4-10,12,20H,3,21H2,1H3/t12-,17?/m0/s1. The molecule has 1 aromatic rings. The molecule has 1 aromatic carbocycles. The van der Waals surface area contributed by atoms with Crippen LogP contribution in [0, 0.1) is 11.3 Å². The van der Waals surface area contributed by atoms with Gasteiger partial charge in [-0.1, -0.05) is 36.4 Å². The lowest BCUT2D eigenvalue weighted by atomic mass is 9.70. The van der Waals surface area contributed by atoms with Crippen LogP contribution in [0.5, 0.6) is 0 Å². The van der Waals surface area contributed by atoms with Gasteiger partial charge in [0.2, 0.25) is 0 Å². The monoisotopic (exact) mass is 301 g/mol. The second kappa shape index (κ2) is 6.35. The van der Waals surface area contributed by atoms with Crippen molar-refractivity contribution in [2.24, 2.45) is 0 Å². The molecule has 3 atom stereocenters. The van der Waals surface area contributed by atoms with Crippen molar-refractivity contribution < 1.29 is 9.50 Å². The molecule has 0 aliphatic heterocycles. The van der Waals surface area contributed by atoms with E-state index < -0.39 is 11.5 Å². The molecule has 0 aromatic heterocycles. The first-order valence-corrected chi connectivity index (χ1v) is 7.27. The number of aliphatic hydroxyl groups excluding tert-OH is 1. The van der Waals surface area contributed by atoms with Crippen molar-refractivity contribution in [3.8, 4) is 6.07 Å². The maximum atomic E-state index is 13.3. The fourth-order valence-electron chi connectivity index (χ4n) is 2.57. The molecule has 2 rings (SSSR count). The van der Waals surface area contributed by atoms with Gasteiger partial charge in [0.25, 0.3) is 0 Å². The number of halogens is 1. The van der Waals surface area contributed by atoms with Crippen molar-refractivity contribution in [1.29, 1.82) is 5.26 Å². The van der Waals surface area contributed by atoms with Gasteiger partial charge in [-0.3, -0.25) is 0 Å². The third kappa shape index (κ3) is 2.97. The maximum Gasteiger partial charge on any atom is 0.129 e. The molecule has 1 aliphatic carbocycles. The van der Waals surface area contributed by atoms with Crippen LogP contribution in [0.2, 0.25) is 0 Å². The largest absolute Gasteiger partial charge is 0.391 e. The quantitative estimate of drug-likeness (QED) is 0.872. The van der Waals surface area contributed by atoms with Crippen LogP contribution >= 0.6 is 9.24 Å². The molecule has 1 N–H and O–H groups in total. The molecular formula is C17H17FNOP. The molecule has 0 fully saturated rings. The number of nitriles is 1. The van der Waals surface area contributed by atoms with Crippen molar-refractivity contribution >= 4 is 14.5 Å². The fraction of sp³-hybridized carbons (Fsp3) is 0.235. The Morgan fingerprint density at radius 1 is 1.33 bits per heavy atom. The Balaban J connectivity index is 2.61. The van der Waals surface area contributed by atoms with Crippen molar-refractivity contribution in [1.82, 2.24) is 0 Å². The molecule has 2 unspecified atom stereocenters. The molecule has 0 bridgehead atoms. The van der Waals surface area contributed by atoms with E-state index in [1.807, 2.05) is 24.3 Å². The predicted molar refractivity (Wildman–Crippen MR) is 85.8 cm³/mol. The van der Waals surface area contributed by atoms with Gasteiger partial charge in [-0.15, -0.1) is 9.24 Å². The molecule has 0 spiro atoms. The van der Waals surface area contributed by atoms with Crippen LogP contribution in [0.15, 0.2) is 60.0 Å². The average molecular weight is 301 g/mol. The summed E-state index contributed by atoms with van der Waals surface area (Å²) in [5.41, 5.74) is 0.214. The number of benzene rings is 1. The van der Waals surface area contributed by atoms with Gasteiger partial charge in [0.15, 0.2) is 0 Å². The van der Waals surface area contributed by atoms with Gasteiger partial charge in [0.05, 0.1) is 12.2 Å². The summed E-state index contributed by atoms with van der Waals surface area (Å²) in [5, 5.41) is 21.1. The Morgan fingerprint density at radius 3 is 2.57 bits per heavy atom. The van der Waals surface area contributed by atoms with Crippen LogP contribution in [-0.2, 0) is 5.41 Å². The summed E-state index contributed by atoms with van der Waals surface area (Å²) in [7, 11) is 2.58. The second-order valence-corrected chi connectivity index (χ2v) is 5.73. The predicted octanol–water partition coefficient (Wildman–Crippen LogP) is 3.07. The number of aliphatic hydroxyl groups is 1. The molecule has 0 heterocycles. The lowest BCUT2D eigenvalue weighted by molar-refractivity contribution is 0.144. The molecule has 0 saturated heterocycles. The first-order chi connectivity index (χ1) is 10.0. The van der Waals surface area contributed by atoms with Gasteiger partial charge in [-0.2, -0.15) is 5.26 Å². The third-order valence-corrected chi connectivity index (χ3v) is 4.12. The second-order valence-electron chi connectivity index (χ2n) is 5.07. The van der Waals surface area contributed by atoms with Crippen LogP contribution < -0.4 is 5.30 Å². The number of hydrogen-bond acceptors (Lipinski definition) is 2. The van der Waals surface area contributed by atoms with Gasteiger partial charge in [0.1, 0.15) is 11.2 Å². The highest BCUT2D eigenvalue weighted by Crippen LogP contribution is 2.38. The highest BCUT2D eigenvalue weighted by Gasteiger charge is 2.41. The SMILES string of the molecule is C[C@H](O)C(C#N)(C1=CC=C(F)C=CC1)c1ccc(P)cc1. The van der Waals surface area contributed by atoms with Gasteiger partial charge >= 0.3 is 0 Å². The smallest absolute Gasteiger partial charge is 0.129 e. The zero-order valence-electron chi connectivity index (χ0n) is 11.8. The van der Waals surface area contributed by atoms with Gasteiger partial charge in [0, 0.05) is 0 Å². The third-order valence-electron chi connectivity index (χ3n) is 3.73. The number of hydrogen-bond donors (Lipinski definition) is 1. The topological polar surface area (TPSA) is 44.0 Å². The zero-order valence-corrected chi connectivity index (χ0v) is 12.9. The van der Waals surface area contributed by atoms with Crippen LogP contribution in [0.25, 0.3) is 0 Å². The Kier molecular flexibility index (Phi) is 4.73. The Bertz CT molecular complexity index is 652. The van der Waals surface area contributed by atoms with E-state index in [0.29, 0.717) is 17.6 Å². The number of rotatable bonds is 3. The molecular weight excluding hydrogens is 284 g/mol. The molecule has 2 nitrogen and oxygen atoms in total. The van der Waals surface area contributed by atoms with E-state index in [1.165, 1.54) is 12.2 Å². The molecule has 108 valence electrons. The molecule has 0 saturated carbocycles. The minimum absolute atomic E-state index is 0.359. The lowest BCUT2D eigenvalue weighted by Gasteiger charge is -2.32. The fourth-order valence-corrected chi connectivity index (χ4v) is 2.76. The van der Waals surface area contributed by atoms with E-state index in [9.17, 15) is 14.8 Å². The normalized spacial score (nSPS) is 18.8. The highest BCUT2D eigenvalue weighted by atomic mass is 31.0. The Morgan fingerprint density at radius 2 is 2.00 bits per heavy atom. The average Bonchev–Trinajstić information content (AvgIpc) is 2.67. The van der Waals surface area contributed by atoms with Crippen molar-refractivity contribution in [3.05, 3.63) is 65.5 Å². The summed E-state index contributed by atoms with van der Waals surface area (Å²) in [6.45, 7) is 1.59. The number of allylic oxidation sites excluding steroid dienone is 5. The lowest BCUT2D eigenvalue weighted by Crippen LogP contribution is -2.38. The summed E-state index contributed by atoms with van der Waals surface area (Å²) >= 11 is 0. The first-order valence-electron chi connectivity index (χ1n) is 6.69. The van der Waals surface area contributed by atoms with Crippen molar-refractivity contribution in [2.45, 2.75) is 24.9 Å². The van der Waals surface area contributed by atoms with Crippen LogP contribution in [0.1, 0.15) is 18.9 Å². The van der Waals surface area contributed by atoms with E-state index in [2.05, 4.69) is 15.3 Å². The molecule has 0 amide bonds. The van der Waals surface area contributed by atoms with Gasteiger partial charge in [-0.25, -0.2) is 4.39 Å². The minimum Gasteiger partial charge on any atom is -0.391 e. The van der Waals surface area contributed by atoms with Gasteiger partial charge < -0.3 is 5.11 Å². The van der Waals surface area contributed by atoms with Crippen molar-refractivity contribution in [2.75, 3.05) is 0 Å². The van der Waals surface area contributed by atoms with Crippen LogP contribution in [-0.4, -0.2) is 11.2 Å². The van der Waals surface area contributed by atoms with E-state index in [4.69, 9.17) is 0 Å². The summed E-state index contributed by atoms with van der Waals surface area (Å²) in [4.78, 5) is 0. The molecule has 1 aliphatic rings. The Hall–Kier alpha value is -1.75. The summed E-state index contributed by atoms with van der Waals surface area (Å²) in [6, 6.07) is 9.65. The van der Waals surface area contributed by atoms with E-state index in [0.717, 1.165) is 5.30 Å². The Labute approximate surface area is 126 Å². The van der Waals surface area contributed by atoms with Crippen LogP contribution in [0.3, 0.4) is 0 Å². The minimum atomic E-state index is -1.18. The highest BCUT2D eigenvalue weighted by molar-refractivity contribution is 7.27. The summed E-state index contributed by atoms with van der Waals surface area (Å²) in [6.07, 6.45) is 5.48. The van der Waals surface area contributed by atoms with Gasteiger partial charge in [-0.05, 0) is 41.9 Å². The van der Waals surface area contributed by atoms with E-state index in [1.54, 1.807) is 19.1 Å². The maximum absolute atomic E-state index is 13.3. The zero-order chi connectivity index (χ0) is 15.5.